The molecule has 0 N–H and O–H groups in total. The van der Waals surface area contributed by atoms with E-state index < -0.39 is 0 Å². The van der Waals surface area contributed by atoms with Gasteiger partial charge in [0.1, 0.15) is 0 Å². The van der Waals surface area contributed by atoms with Gasteiger partial charge in [-0.05, 0) is 89.1 Å². The van der Waals surface area contributed by atoms with Crippen LogP contribution in [0.2, 0.25) is 0 Å². The molecule has 4 bridgehead atoms. The second kappa shape index (κ2) is 3.73. The molecule has 0 aromatic carbocycles. The molecular formula is C15H27N. The van der Waals surface area contributed by atoms with E-state index in [-0.39, 0.29) is 0 Å². The van der Waals surface area contributed by atoms with Crippen LogP contribution in [0.5, 0.6) is 0 Å². The smallest absolute Gasteiger partial charge is 0.00661 e. The highest BCUT2D eigenvalue weighted by molar-refractivity contribution is 5.02. The molecule has 0 aromatic heterocycles. The second-order valence-corrected chi connectivity index (χ2v) is 7.43. The molecule has 0 spiro atoms. The van der Waals surface area contributed by atoms with E-state index in [1.165, 1.54) is 6.42 Å². The molecule has 0 amide bonds. The molecular weight excluding hydrogens is 194 g/mol. The summed E-state index contributed by atoms with van der Waals surface area (Å²) in [5.41, 5.74) is 0.762. The normalized spacial score (nSPS) is 47.6. The molecule has 0 saturated heterocycles. The summed E-state index contributed by atoms with van der Waals surface area (Å²) >= 11 is 0. The Morgan fingerprint density at radius 2 is 1.44 bits per heavy atom. The van der Waals surface area contributed by atoms with Gasteiger partial charge in [-0.3, -0.25) is 0 Å². The van der Waals surface area contributed by atoms with Crippen molar-refractivity contribution in [2.75, 3.05) is 14.1 Å². The average molecular weight is 221 g/mol. The second-order valence-electron chi connectivity index (χ2n) is 7.43. The van der Waals surface area contributed by atoms with Crippen molar-refractivity contribution in [3.8, 4) is 0 Å². The molecule has 1 nitrogen and oxygen atoms in total. The van der Waals surface area contributed by atoms with Gasteiger partial charge < -0.3 is 4.90 Å². The zero-order valence-electron chi connectivity index (χ0n) is 11.2. The topological polar surface area (TPSA) is 3.24 Å². The van der Waals surface area contributed by atoms with Gasteiger partial charge in [0.2, 0.25) is 0 Å². The Morgan fingerprint density at radius 1 is 1.00 bits per heavy atom. The van der Waals surface area contributed by atoms with Crippen LogP contribution >= 0.6 is 0 Å². The zero-order valence-corrected chi connectivity index (χ0v) is 11.2. The van der Waals surface area contributed by atoms with Crippen LogP contribution in [-0.4, -0.2) is 25.0 Å². The summed E-state index contributed by atoms with van der Waals surface area (Å²) < 4.78 is 0. The summed E-state index contributed by atoms with van der Waals surface area (Å²) in [6.45, 7) is 2.42. The zero-order chi connectivity index (χ0) is 11.3. The molecule has 4 saturated carbocycles. The van der Waals surface area contributed by atoms with Gasteiger partial charge in [-0.1, -0.05) is 0 Å². The molecule has 4 aliphatic carbocycles. The van der Waals surface area contributed by atoms with E-state index in [0.717, 1.165) is 29.2 Å². The summed E-state index contributed by atoms with van der Waals surface area (Å²) in [5, 5.41) is 0. The minimum absolute atomic E-state index is 0.762. The Bertz CT molecular complexity index is 233. The van der Waals surface area contributed by atoms with Gasteiger partial charge in [-0.2, -0.15) is 0 Å². The predicted molar refractivity (Wildman–Crippen MR) is 68.4 cm³/mol. The van der Waals surface area contributed by atoms with Crippen LogP contribution in [0.3, 0.4) is 0 Å². The van der Waals surface area contributed by atoms with Crippen molar-refractivity contribution in [2.45, 2.75) is 57.9 Å². The maximum absolute atomic E-state index is 2.42. The molecule has 4 rings (SSSR count). The summed E-state index contributed by atoms with van der Waals surface area (Å²) in [7, 11) is 4.48. The van der Waals surface area contributed by atoms with E-state index in [1.54, 1.807) is 38.5 Å². The molecule has 92 valence electrons. The first-order valence-electron chi connectivity index (χ1n) is 7.23. The molecule has 1 heteroatoms. The van der Waals surface area contributed by atoms with Crippen molar-refractivity contribution in [3.05, 3.63) is 0 Å². The Labute approximate surface area is 101 Å². The maximum atomic E-state index is 2.42. The summed E-state index contributed by atoms with van der Waals surface area (Å²) in [4.78, 5) is 2.42. The van der Waals surface area contributed by atoms with Crippen molar-refractivity contribution in [1.82, 2.24) is 4.90 Å². The minimum Gasteiger partial charge on any atom is -0.307 e. The van der Waals surface area contributed by atoms with E-state index in [2.05, 4.69) is 25.9 Å². The third-order valence-electron chi connectivity index (χ3n) is 5.78. The Morgan fingerprint density at radius 3 is 1.81 bits per heavy atom. The molecule has 4 fully saturated rings. The Hall–Kier alpha value is -0.0400. The fraction of sp³-hybridized carbons (Fsp3) is 1.00. The largest absolute Gasteiger partial charge is 0.307 e. The molecule has 0 aliphatic heterocycles. The predicted octanol–water partition coefficient (Wildman–Crippen LogP) is 3.54. The number of nitrogens with zero attached hydrogens (tertiary/aromatic N) is 1. The van der Waals surface area contributed by atoms with Gasteiger partial charge in [0.25, 0.3) is 0 Å². The summed E-state index contributed by atoms with van der Waals surface area (Å²) in [6.07, 6.45) is 10.9. The molecule has 0 radical (unpaired) electrons. The Balaban J connectivity index is 1.73. The first-order valence-corrected chi connectivity index (χ1v) is 7.23. The maximum Gasteiger partial charge on any atom is 0.00661 e. The molecule has 0 unspecified atom stereocenters. The minimum atomic E-state index is 0.762. The highest BCUT2D eigenvalue weighted by Crippen LogP contribution is 2.61. The lowest BCUT2D eigenvalue weighted by molar-refractivity contribution is -0.0660. The van der Waals surface area contributed by atoms with Crippen molar-refractivity contribution < 1.29 is 0 Å². The molecule has 1 atom stereocenters. The lowest BCUT2D eigenvalue weighted by Crippen LogP contribution is -2.48. The quantitative estimate of drug-likeness (QED) is 0.704. The monoisotopic (exact) mass is 221 g/mol. The van der Waals surface area contributed by atoms with Crippen molar-refractivity contribution >= 4 is 0 Å². The summed E-state index contributed by atoms with van der Waals surface area (Å²) in [5.74, 6) is 3.34. The number of hydrogen-bond acceptors (Lipinski definition) is 1. The van der Waals surface area contributed by atoms with E-state index in [0.29, 0.717) is 0 Å². The van der Waals surface area contributed by atoms with Gasteiger partial charge in [-0.15, -0.1) is 0 Å². The van der Waals surface area contributed by atoms with Crippen LogP contribution < -0.4 is 0 Å². The van der Waals surface area contributed by atoms with Gasteiger partial charge in [-0.25, -0.2) is 0 Å². The van der Waals surface area contributed by atoms with Crippen LogP contribution in [0, 0.1) is 23.2 Å². The van der Waals surface area contributed by atoms with Crippen LogP contribution in [0.1, 0.15) is 51.9 Å². The van der Waals surface area contributed by atoms with E-state index in [4.69, 9.17) is 0 Å². The molecule has 4 aliphatic rings. The lowest BCUT2D eigenvalue weighted by Gasteiger charge is -2.58. The van der Waals surface area contributed by atoms with E-state index in [9.17, 15) is 0 Å². The molecule has 0 heterocycles. The lowest BCUT2D eigenvalue weighted by atomic mass is 9.48. The first-order chi connectivity index (χ1) is 7.56. The average Bonchev–Trinajstić information content (AvgIpc) is 2.13. The first kappa shape index (κ1) is 11.1. The van der Waals surface area contributed by atoms with Crippen LogP contribution in [0.15, 0.2) is 0 Å². The number of hydrogen-bond donors (Lipinski definition) is 0. The number of rotatable bonds is 3. The standard InChI is InChI=1S/C15H27N/c1-11(16(2)3)7-15-8-12-4-13(9-15)6-14(5-12)10-15/h11-14H,4-10H2,1-3H3/t11-,12?,13?,14?,15?/m1/s1. The third kappa shape index (κ3) is 1.81. The molecule has 16 heavy (non-hydrogen) atoms. The van der Waals surface area contributed by atoms with Crippen LogP contribution in [-0.2, 0) is 0 Å². The third-order valence-corrected chi connectivity index (χ3v) is 5.78. The fourth-order valence-corrected chi connectivity index (χ4v) is 5.35. The van der Waals surface area contributed by atoms with Gasteiger partial charge in [0, 0.05) is 6.04 Å². The SMILES string of the molecule is C[C@H](CC12CC3CC(CC(C3)C1)C2)N(C)C. The fourth-order valence-electron chi connectivity index (χ4n) is 5.35. The highest BCUT2D eigenvalue weighted by Gasteiger charge is 2.50. The van der Waals surface area contributed by atoms with Crippen molar-refractivity contribution in [3.63, 3.8) is 0 Å². The summed E-state index contributed by atoms with van der Waals surface area (Å²) in [6, 6.07) is 0.774. The Kier molecular flexibility index (Phi) is 2.58. The van der Waals surface area contributed by atoms with E-state index >= 15 is 0 Å². The van der Waals surface area contributed by atoms with Crippen LogP contribution in [0.4, 0.5) is 0 Å². The highest BCUT2D eigenvalue weighted by atomic mass is 15.1. The van der Waals surface area contributed by atoms with Gasteiger partial charge in [0.05, 0.1) is 0 Å². The van der Waals surface area contributed by atoms with Gasteiger partial charge >= 0.3 is 0 Å². The van der Waals surface area contributed by atoms with Crippen molar-refractivity contribution in [1.29, 1.82) is 0 Å². The van der Waals surface area contributed by atoms with Crippen molar-refractivity contribution in [2.24, 2.45) is 23.2 Å². The van der Waals surface area contributed by atoms with E-state index in [1.807, 2.05) is 0 Å². The van der Waals surface area contributed by atoms with Gasteiger partial charge in [0.15, 0.2) is 0 Å². The molecule has 0 aromatic rings. The van der Waals surface area contributed by atoms with Crippen LogP contribution in [0.25, 0.3) is 0 Å².